The monoisotopic (exact) mass is 347 g/mol. The summed E-state index contributed by atoms with van der Waals surface area (Å²) in [7, 11) is 0. The highest BCUT2D eigenvalue weighted by Crippen LogP contribution is 2.31. The second-order valence-corrected chi connectivity index (χ2v) is 5.33. The molecule has 24 heavy (non-hydrogen) atoms. The molecule has 0 atom stereocenters. The minimum atomic E-state index is -0.597. The van der Waals surface area contributed by atoms with Gasteiger partial charge in [0.2, 0.25) is 0 Å². The summed E-state index contributed by atoms with van der Waals surface area (Å²) in [5.74, 6) is -0.316. The molecular formula is C15H10ClN3O5. The predicted octanol–water partition coefficient (Wildman–Crippen LogP) is 2.83. The number of ether oxygens (including phenoxy) is 1. The molecule has 0 radical (unpaired) electrons. The standard InChI is InChI=1S/C15H10ClN3O5/c16-11-6-9(19(22)23)2-3-10(11)15(21)17-8-1-4-13-12(5-8)18-14(20)7-24-13/h1-6H,7H2,(H,17,21)(H,18,20). The summed E-state index contributed by atoms with van der Waals surface area (Å²) in [5, 5.41) is 15.9. The molecular weight excluding hydrogens is 338 g/mol. The number of non-ortho nitro benzene ring substituents is 1. The number of nitrogens with zero attached hydrogens (tertiary/aromatic N) is 1. The number of nitro groups is 1. The second-order valence-electron chi connectivity index (χ2n) is 4.92. The number of rotatable bonds is 3. The number of fused-ring (bicyclic) bond motifs is 1. The first-order chi connectivity index (χ1) is 11.4. The van der Waals surface area contributed by atoms with E-state index < -0.39 is 10.8 Å². The van der Waals surface area contributed by atoms with Crippen LogP contribution < -0.4 is 15.4 Å². The van der Waals surface area contributed by atoms with E-state index in [0.717, 1.165) is 6.07 Å². The van der Waals surface area contributed by atoms with Crippen LogP contribution in [0, 0.1) is 10.1 Å². The highest BCUT2D eigenvalue weighted by atomic mass is 35.5. The molecule has 122 valence electrons. The number of nitro benzene ring substituents is 1. The van der Waals surface area contributed by atoms with Crippen molar-refractivity contribution in [2.75, 3.05) is 17.2 Å². The molecule has 0 bridgehead atoms. The fraction of sp³-hybridized carbons (Fsp3) is 0.0667. The quantitative estimate of drug-likeness (QED) is 0.655. The SMILES string of the molecule is O=C1COc2ccc(NC(=O)c3ccc([N+](=O)[O-])cc3Cl)cc2N1. The number of benzene rings is 2. The number of carbonyl (C=O) groups is 2. The Hall–Kier alpha value is -3.13. The van der Waals surface area contributed by atoms with E-state index in [1.807, 2.05) is 0 Å². The Morgan fingerprint density at radius 3 is 2.79 bits per heavy atom. The van der Waals surface area contributed by atoms with E-state index >= 15 is 0 Å². The van der Waals surface area contributed by atoms with Crippen LogP contribution in [0.25, 0.3) is 0 Å². The fourth-order valence-electron chi connectivity index (χ4n) is 2.16. The molecule has 2 amide bonds. The van der Waals surface area contributed by atoms with Gasteiger partial charge >= 0.3 is 0 Å². The summed E-state index contributed by atoms with van der Waals surface area (Å²) in [6.45, 7) is -0.0584. The third kappa shape index (κ3) is 3.13. The van der Waals surface area contributed by atoms with Crippen molar-refractivity contribution in [2.24, 2.45) is 0 Å². The lowest BCUT2D eigenvalue weighted by atomic mass is 10.1. The van der Waals surface area contributed by atoms with Gasteiger partial charge < -0.3 is 15.4 Å². The average Bonchev–Trinajstić information content (AvgIpc) is 2.54. The Kier molecular flexibility index (Phi) is 4.05. The zero-order valence-electron chi connectivity index (χ0n) is 12.0. The van der Waals surface area contributed by atoms with Gasteiger partial charge in [-0.25, -0.2) is 0 Å². The highest BCUT2D eigenvalue weighted by molar-refractivity contribution is 6.34. The Labute approximate surface area is 140 Å². The Balaban J connectivity index is 1.81. The molecule has 0 aromatic heterocycles. The maximum absolute atomic E-state index is 12.3. The van der Waals surface area contributed by atoms with Crippen molar-refractivity contribution >= 4 is 40.5 Å². The number of halogens is 1. The number of anilines is 2. The zero-order valence-corrected chi connectivity index (χ0v) is 12.8. The maximum atomic E-state index is 12.3. The van der Waals surface area contributed by atoms with Gasteiger partial charge in [-0.1, -0.05) is 11.6 Å². The molecule has 0 saturated heterocycles. The van der Waals surface area contributed by atoms with Crippen LogP contribution in [0.1, 0.15) is 10.4 Å². The number of amides is 2. The molecule has 2 aromatic rings. The lowest BCUT2D eigenvalue weighted by molar-refractivity contribution is -0.384. The predicted molar refractivity (Wildman–Crippen MR) is 86.6 cm³/mol. The number of hydrogen-bond acceptors (Lipinski definition) is 5. The van der Waals surface area contributed by atoms with E-state index in [-0.39, 0.29) is 28.8 Å². The molecule has 1 heterocycles. The highest BCUT2D eigenvalue weighted by Gasteiger charge is 2.18. The van der Waals surface area contributed by atoms with Gasteiger partial charge in [-0.15, -0.1) is 0 Å². The summed E-state index contributed by atoms with van der Waals surface area (Å²) in [6, 6.07) is 8.34. The van der Waals surface area contributed by atoms with Gasteiger partial charge in [0.25, 0.3) is 17.5 Å². The van der Waals surface area contributed by atoms with Gasteiger partial charge in [-0.2, -0.15) is 0 Å². The minimum absolute atomic E-state index is 0.0312. The van der Waals surface area contributed by atoms with Crippen LogP contribution in [-0.4, -0.2) is 23.3 Å². The van der Waals surface area contributed by atoms with Gasteiger partial charge in [0, 0.05) is 17.8 Å². The van der Waals surface area contributed by atoms with E-state index in [0.29, 0.717) is 17.1 Å². The molecule has 0 fully saturated rings. The van der Waals surface area contributed by atoms with Gasteiger partial charge in [0.1, 0.15) is 5.75 Å². The van der Waals surface area contributed by atoms with Gasteiger partial charge in [0.05, 0.1) is 21.2 Å². The summed E-state index contributed by atoms with van der Waals surface area (Å²) in [4.78, 5) is 33.7. The topological polar surface area (TPSA) is 111 Å². The summed E-state index contributed by atoms with van der Waals surface area (Å²) in [5.41, 5.74) is 0.753. The van der Waals surface area contributed by atoms with Gasteiger partial charge in [-0.3, -0.25) is 19.7 Å². The number of hydrogen-bond donors (Lipinski definition) is 2. The average molecular weight is 348 g/mol. The van der Waals surface area contributed by atoms with Crippen molar-refractivity contribution in [3.8, 4) is 5.75 Å². The first-order valence-electron chi connectivity index (χ1n) is 6.76. The summed E-state index contributed by atoms with van der Waals surface area (Å²) < 4.78 is 5.23. The molecule has 2 aromatic carbocycles. The lowest BCUT2D eigenvalue weighted by Crippen LogP contribution is -2.25. The Morgan fingerprint density at radius 1 is 1.29 bits per heavy atom. The first-order valence-corrected chi connectivity index (χ1v) is 7.14. The van der Waals surface area contributed by atoms with Crippen LogP contribution in [0.4, 0.5) is 17.1 Å². The van der Waals surface area contributed by atoms with Crippen LogP contribution >= 0.6 is 11.6 Å². The van der Waals surface area contributed by atoms with E-state index in [2.05, 4.69) is 10.6 Å². The van der Waals surface area contributed by atoms with Gasteiger partial charge in [-0.05, 0) is 24.3 Å². The van der Waals surface area contributed by atoms with E-state index in [1.54, 1.807) is 18.2 Å². The van der Waals surface area contributed by atoms with Crippen molar-refractivity contribution in [1.82, 2.24) is 0 Å². The van der Waals surface area contributed by atoms with E-state index in [9.17, 15) is 19.7 Å². The molecule has 2 N–H and O–H groups in total. The molecule has 0 aliphatic carbocycles. The largest absolute Gasteiger partial charge is 0.482 e. The lowest BCUT2D eigenvalue weighted by Gasteiger charge is -2.18. The van der Waals surface area contributed by atoms with Crippen molar-refractivity contribution in [3.05, 3.63) is 57.1 Å². The zero-order chi connectivity index (χ0) is 17.3. The minimum Gasteiger partial charge on any atom is -0.482 e. The number of carbonyl (C=O) groups excluding carboxylic acids is 2. The number of nitrogens with one attached hydrogen (secondary N) is 2. The molecule has 0 unspecified atom stereocenters. The smallest absolute Gasteiger partial charge is 0.270 e. The normalized spacial score (nSPS) is 12.6. The molecule has 9 heteroatoms. The first kappa shape index (κ1) is 15.8. The fourth-order valence-corrected chi connectivity index (χ4v) is 2.42. The van der Waals surface area contributed by atoms with Crippen molar-refractivity contribution in [2.45, 2.75) is 0 Å². The van der Waals surface area contributed by atoms with E-state index in [4.69, 9.17) is 16.3 Å². The Bertz CT molecular complexity index is 868. The van der Waals surface area contributed by atoms with Crippen molar-refractivity contribution in [1.29, 1.82) is 0 Å². The van der Waals surface area contributed by atoms with Crippen LogP contribution in [0.15, 0.2) is 36.4 Å². The summed E-state index contributed by atoms with van der Waals surface area (Å²) >= 11 is 5.93. The molecule has 0 spiro atoms. The maximum Gasteiger partial charge on any atom is 0.270 e. The van der Waals surface area contributed by atoms with E-state index in [1.165, 1.54) is 12.1 Å². The molecule has 1 aliphatic rings. The van der Waals surface area contributed by atoms with Crippen LogP contribution in [-0.2, 0) is 4.79 Å². The molecule has 1 aliphatic heterocycles. The summed E-state index contributed by atoms with van der Waals surface area (Å²) in [6.07, 6.45) is 0. The second kappa shape index (κ2) is 6.17. The van der Waals surface area contributed by atoms with Gasteiger partial charge in [0.15, 0.2) is 6.61 Å². The van der Waals surface area contributed by atoms with Crippen LogP contribution in [0.2, 0.25) is 5.02 Å². The molecule has 0 saturated carbocycles. The third-order valence-electron chi connectivity index (χ3n) is 3.28. The van der Waals surface area contributed by atoms with Crippen molar-refractivity contribution < 1.29 is 19.2 Å². The van der Waals surface area contributed by atoms with Crippen molar-refractivity contribution in [3.63, 3.8) is 0 Å². The third-order valence-corrected chi connectivity index (χ3v) is 3.59. The Morgan fingerprint density at radius 2 is 2.08 bits per heavy atom. The van der Waals surface area contributed by atoms with Crippen LogP contribution in [0.5, 0.6) is 5.75 Å². The van der Waals surface area contributed by atoms with Crippen LogP contribution in [0.3, 0.4) is 0 Å². The molecule has 8 nitrogen and oxygen atoms in total. The molecule has 3 rings (SSSR count).